The van der Waals surface area contributed by atoms with Gasteiger partial charge in [0.2, 0.25) is 5.82 Å². The highest BCUT2D eigenvalue weighted by molar-refractivity contribution is 6.30. The first-order chi connectivity index (χ1) is 12.9. The number of ether oxygens (including phenoxy) is 2. The number of hydrogen-bond acceptors (Lipinski definition) is 6. The monoisotopic (exact) mass is 398 g/mol. The van der Waals surface area contributed by atoms with Gasteiger partial charge in [-0.05, 0) is 25.0 Å². The number of alkyl halides is 3. The first-order valence-electron chi connectivity index (χ1n) is 7.89. The van der Waals surface area contributed by atoms with Crippen LogP contribution in [0.4, 0.5) is 13.2 Å². The molecule has 2 heterocycles. The standard InChI is InChI=1S/C17H14ClF3N4O2/c1-26-7-3-5-12-14-11(24-15(25-12)17(19,20)21)4-2-6-13(14)27-16-22-8-10(18)9-23-16/h2,4,6,8-9H,3,5,7H2,1H3. The van der Waals surface area contributed by atoms with Crippen LogP contribution in [0.1, 0.15) is 17.9 Å². The maximum atomic E-state index is 13.2. The van der Waals surface area contributed by atoms with E-state index in [0.717, 1.165) is 0 Å². The largest absolute Gasteiger partial charge is 0.451 e. The maximum Gasteiger partial charge on any atom is 0.451 e. The topological polar surface area (TPSA) is 70.0 Å². The second-order valence-electron chi connectivity index (χ2n) is 5.52. The van der Waals surface area contributed by atoms with Crippen molar-refractivity contribution in [3.63, 3.8) is 0 Å². The number of rotatable bonds is 6. The molecule has 0 amide bonds. The van der Waals surface area contributed by atoms with E-state index >= 15 is 0 Å². The van der Waals surface area contributed by atoms with Crippen LogP contribution in [0.15, 0.2) is 30.6 Å². The van der Waals surface area contributed by atoms with Gasteiger partial charge in [0.15, 0.2) is 0 Å². The van der Waals surface area contributed by atoms with Gasteiger partial charge in [0.1, 0.15) is 5.75 Å². The number of methoxy groups -OCH3 is 1. The van der Waals surface area contributed by atoms with Crippen LogP contribution in [0.5, 0.6) is 11.8 Å². The molecule has 0 radical (unpaired) electrons. The Balaban J connectivity index is 2.09. The van der Waals surface area contributed by atoms with E-state index in [9.17, 15) is 13.2 Å². The molecule has 2 aromatic heterocycles. The molecule has 1 aromatic carbocycles. The van der Waals surface area contributed by atoms with E-state index in [1.165, 1.54) is 25.6 Å². The first-order valence-corrected chi connectivity index (χ1v) is 8.27. The van der Waals surface area contributed by atoms with Crippen molar-refractivity contribution in [3.05, 3.63) is 47.1 Å². The zero-order valence-corrected chi connectivity index (χ0v) is 14.9. The van der Waals surface area contributed by atoms with Gasteiger partial charge >= 0.3 is 12.2 Å². The summed E-state index contributed by atoms with van der Waals surface area (Å²) in [6, 6.07) is 4.62. The summed E-state index contributed by atoms with van der Waals surface area (Å²) in [4.78, 5) is 15.2. The molecule has 6 nitrogen and oxygen atoms in total. The molecule has 10 heteroatoms. The fraction of sp³-hybridized carbons (Fsp3) is 0.294. The molecule has 0 spiro atoms. The minimum Gasteiger partial charge on any atom is -0.424 e. The van der Waals surface area contributed by atoms with Gasteiger partial charge in [-0.25, -0.2) is 19.9 Å². The summed E-state index contributed by atoms with van der Waals surface area (Å²) in [6.07, 6.45) is -1.19. The second-order valence-corrected chi connectivity index (χ2v) is 5.96. The highest BCUT2D eigenvalue weighted by atomic mass is 35.5. The van der Waals surface area contributed by atoms with Crippen LogP contribution in [0.25, 0.3) is 10.9 Å². The van der Waals surface area contributed by atoms with Crippen molar-refractivity contribution in [2.45, 2.75) is 19.0 Å². The molecule has 0 fully saturated rings. The van der Waals surface area contributed by atoms with E-state index in [1.54, 1.807) is 12.1 Å². The van der Waals surface area contributed by atoms with Gasteiger partial charge in [-0.1, -0.05) is 17.7 Å². The fourth-order valence-corrected chi connectivity index (χ4v) is 2.55. The molecule has 3 aromatic rings. The van der Waals surface area contributed by atoms with E-state index in [0.29, 0.717) is 23.4 Å². The molecule has 0 unspecified atom stereocenters. The summed E-state index contributed by atoms with van der Waals surface area (Å²) in [5.74, 6) is -0.932. The van der Waals surface area contributed by atoms with E-state index in [-0.39, 0.29) is 29.4 Å². The van der Waals surface area contributed by atoms with Gasteiger partial charge in [-0.15, -0.1) is 0 Å². The van der Waals surface area contributed by atoms with Crippen molar-refractivity contribution in [3.8, 4) is 11.8 Å². The average Bonchev–Trinajstić information content (AvgIpc) is 2.63. The molecule has 0 atom stereocenters. The molecule has 0 bridgehead atoms. The SMILES string of the molecule is COCCCc1nc(C(F)(F)F)nc2cccc(Oc3ncc(Cl)cn3)c12. The van der Waals surface area contributed by atoms with Crippen LogP contribution in [0.2, 0.25) is 5.02 Å². The minimum atomic E-state index is -4.65. The van der Waals surface area contributed by atoms with Gasteiger partial charge in [0.25, 0.3) is 0 Å². The summed E-state index contributed by atoms with van der Waals surface area (Å²) in [6.45, 7) is 0.385. The van der Waals surface area contributed by atoms with Crippen LogP contribution in [0, 0.1) is 0 Å². The Morgan fingerprint density at radius 2 is 1.85 bits per heavy atom. The summed E-state index contributed by atoms with van der Waals surface area (Å²) >= 11 is 5.75. The number of fused-ring (bicyclic) bond motifs is 1. The van der Waals surface area contributed by atoms with Crippen LogP contribution in [-0.2, 0) is 17.3 Å². The molecule has 0 aliphatic rings. The Hall–Kier alpha value is -2.52. The predicted octanol–water partition coefficient (Wildman–Crippen LogP) is 4.46. The Morgan fingerprint density at radius 3 is 2.52 bits per heavy atom. The molecule has 3 rings (SSSR count). The molecule has 27 heavy (non-hydrogen) atoms. The highest BCUT2D eigenvalue weighted by Crippen LogP contribution is 2.34. The summed E-state index contributed by atoms with van der Waals surface area (Å²) in [5, 5.41) is 0.707. The summed E-state index contributed by atoms with van der Waals surface area (Å²) < 4.78 is 50.1. The molecule has 0 aliphatic heterocycles. The van der Waals surface area contributed by atoms with Gasteiger partial charge in [-0.2, -0.15) is 13.2 Å². The first kappa shape index (κ1) is 19.2. The van der Waals surface area contributed by atoms with Crippen molar-refractivity contribution in [2.75, 3.05) is 13.7 Å². The van der Waals surface area contributed by atoms with Gasteiger partial charge in [-0.3, -0.25) is 0 Å². The van der Waals surface area contributed by atoms with Gasteiger partial charge in [0.05, 0.1) is 34.0 Å². The lowest BCUT2D eigenvalue weighted by atomic mass is 10.1. The molecule has 0 N–H and O–H groups in total. The van der Waals surface area contributed by atoms with Crippen LogP contribution >= 0.6 is 11.6 Å². The fourth-order valence-electron chi connectivity index (χ4n) is 2.45. The lowest BCUT2D eigenvalue weighted by molar-refractivity contribution is -0.144. The van der Waals surface area contributed by atoms with Crippen LogP contribution in [-0.4, -0.2) is 33.7 Å². The van der Waals surface area contributed by atoms with E-state index in [1.807, 2.05) is 0 Å². The van der Waals surface area contributed by atoms with E-state index in [4.69, 9.17) is 21.1 Å². The van der Waals surface area contributed by atoms with Crippen molar-refractivity contribution in [1.82, 2.24) is 19.9 Å². The second kappa shape index (κ2) is 8.01. The van der Waals surface area contributed by atoms with Crippen LogP contribution in [0.3, 0.4) is 0 Å². The lowest BCUT2D eigenvalue weighted by Crippen LogP contribution is -2.13. The maximum absolute atomic E-state index is 13.2. The Kier molecular flexibility index (Phi) is 5.71. The molecule has 142 valence electrons. The Bertz CT molecular complexity index is 936. The number of aromatic nitrogens is 4. The molecular formula is C17H14ClF3N4O2. The zero-order valence-electron chi connectivity index (χ0n) is 14.1. The van der Waals surface area contributed by atoms with Crippen molar-refractivity contribution < 1.29 is 22.6 Å². The quantitative estimate of drug-likeness (QED) is 0.571. The lowest BCUT2D eigenvalue weighted by Gasteiger charge is -2.13. The Morgan fingerprint density at radius 1 is 1.11 bits per heavy atom. The molecule has 0 aliphatic carbocycles. The zero-order chi connectivity index (χ0) is 19.4. The third-order valence-corrected chi connectivity index (χ3v) is 3.77. The number of halogens is 4. The minimum absolute atomic E-state index is 0.00893. The van der Waals surface area contributed by atoms with Gasteiger partial charge < -0.3 is 9.47 Å². The third kappa shape index (κ3) is 4.61. The molecular weight excluding hydrogens is 385 g/mol. The highest BCUT2D eigenvalue weighted by Gasteiger charge is 2.35. The predicted molar refractivity (Wildman–Crippen MR) is 91.9 cm³/mol. The Labute approximate surface area is 157 Å². The summed E-state index contributed by atoms with van der Waals surface area (Å²) in [5.41, 5.74) is 0.338. The number of nitrogens with zero attached hydrogens (tertiary/aromatic N) is 4. The summed E-state index contributed by atoms with van der Waals surface area (Å²) in [7, 11) is 1.52. The van der Waals surface area contributed by atoms with Gasteiger partial charge in [0, 0.05) is 13.7 Å². The van der Waals surface area contributed by atoms with Crippen LogP contribution < -0.4 is 4.74 Å². The van der Waals surface area contributed by atoms with Crippen molar-refractivity contribution >= 4 is 22.5 Å². The normalized spacial score (nSPS) is 11.7. The third-order valence-electron chi connectivity index (χ3n) is 3.57. The number of aryl methyl sites for hydroxylation is 1. The molecule has 0 saturated carbocycles. The average molecular weight is 399 g/mol. The van der Waals surface area contributed by atoms with Crippen molar-refractivity contribution in [1.29, 1.82) is 0 Å². The number of benzene rings is 1. The van der Waals surface area contributed by atoms with E-state index in [2.05, 4.69) is 19.9 Å². The molecule has 0 saturated heterocycles. The van der Waals surface area contributed by atoms with E-state index < -0.39 is 12.0 Å². The smallest absolute Gasteiger partial charge is 0.424 e. The van der Waals surface area contributed by atoms with Crippen molar-refractivity contribution in [2.24, 2.45) is 0 Å². The number of hydrogen-bond donors (Lipinski definition) is 0.